The molecule has 0 unspecified atom stereocenters. The summed E-state index contributed by atoms with van der Waals surface area (Å²) in [4.78, 5) is 18.3. The minimum absolute atomic E-state index is 0.0486. The van der Waals surface area contributed by atoms with Gasteiger partial charge in [-0.3, -0.25) is 4.79 Å². The van der Waals surface area contributed by atoms with Gasteiger partial charge in [-0.15, -0.1) is 11.3 Å². The van der Waals surface area contributed by atoms with Crippen molar-refractivity contribution in [2.24, 2.45) is 0 Å². The maximum atomic E-state index is 13.1. The third kappa shape index (κ3) is 4.78. The number of aryl methyl sites for hydroxylation is 1. The molecule has 1 aromatic heterocycles. The van der Waals surface area contributed by atoms with Crippen LogP contribution in [0.4, 0.5) is 13.2 Å². The van der Waals surface area contributed by atoms with Crippen molar-refractivity contribution in [1.29, 1.82) is 0 Å². The number of carbonyl (C=O) groups is 1. The number of nitrogens with zero attached hydrogens (tertiary/aromatic N) is 2. The molecule has 28 heavy (non-hydrogen) atoms. The Kier molecular flexibility index (Phi) is 5.84. The highest BCUT2D eigenvalue weighted by Gasteiger charge is 2.33. The van der Waals surface area contributed by atoms with Crippen LogP contribution in [0.15, 0.2) is 53.9 Å². The van der Waals surface area contributed by atoms with Crippen LogP contribution in [0.25, 0.3) is 10.6 Å². The molecule has 146 valence electrons. The topological polar surface area (TPSA) is 33.2 Å². The van der Waals surface area contributed by atoms with Crippen molar-refractivity contribution >= 4 is 17.2 Å². The molecule has 0 atom stereocenters. The van der Waals surface area contributed by atoms with Gasteiger partial charge in [0.1, 0.15) is 5.01 Å². The van der Waals surface area contributed by atoms with Gasteiger partial charge in [-0.05, 0) is 24.6 Å². The molecular formula is C21H19F3N2OS. The number of carbonyl (C=O) groups excluding carboxylic acids is 1. The molecule has 0 aliphatic rings. The van der Waals surface area contributed by atoms with Gasteiger partial charge in [0.15, 0.2) is 0 Å². The first-order valence-electron chi connectivity index (χ1n) is 8.64. The summed E-state index contributed by atoms with van der Waals surface area (Å²) in [6, 6.07) is 13.2. The third-order valence-corrected chi connectivity index (χ3v) is 5.25. The summed E-state index contributed by atoms with van der Waals surface area (Å²) < 4.78 is 39.4. The molecule has 0 radical (unpaired) electrons. The quantitative estimate of drug-likeness (QED) is 0.575. The molecule has 3 rings (SSSR count). The van der Waals surface area contributed by atoms with Gasteiger partial charge >= 0.3 is 6.18 Å². The summed E-state index contributed by atoms with van der Waals surface area (Å²) in [5.74, 6) is -0.280. The number of benzene rings is 2. The SMILES string of the molecule is Cc1cccc(-c2nc(CC(=O)N(C)Cc3ccccc3C(F)(F)F)cs2)c1. The molecule has 2 aromatic carbocycles. The second-order valence-corrected chi connectivity index (χ2v) is 7.45. The molecule has 1 amide bonds. The summed E-state index contributed by atoms with van der Waals surface area (Å²) in [6.45, 7) is 1.89. The number of likely N-dealkylation sites (N-methyl/N-ethyl adjacent to an activating group) is 1. The van der Waals surface area contributed by atoms with Crippen molar-refractivity contribution in [3.63, 3.8) is 0 Å². The average molecular weight is 404 g/mol. The summed E-state index contributed by atoms with van der Waals surface area (Å²) in [7, 11) is 1.50. The van der Waals surface area contributed by atoms with Crippen molar-refractivity contribution in [1.82, 2.24) is 9.88 Å². The minimum Gasteiger partial charge on any atom is -0.341 e. The minimum atomic E-state index is -4.45. The lowest BCUT2D eigenvalue weighted by Gasteiger charge is -2.20. The number of thiazole rings is 1. The van der Waals surface area contributed by atoms with E-state index < -0.39 is 11.7 Å². The highest BCUT2D eigenvalue weighted by atomic mass is 32.1. The maximum Gasteiger partial charge on any atom is 0.416 e. The lowest BCUT2D eigenvalue weighted by Crippen LogP contribution is -2.29. The summed E-state index contributed by atoms with van der Waals surface area (Å²) in [5.41, 5.74) is 2.07. The Balaban J connectivity index is 1.69. The maximum absolute atomic E-state index is 13.1. The lowest BCUT2D eigenvalue weighted by molar-refractivity contribution is -0.139. The lowest BCUT2D eigenvalue weighted by atomic mass is 10.1. The van der Waals surface area contributed by atoms with Crippen LogP contribution in [0.1, 0.15) is 22.4 Å². The fourth-order valence-electron chi connectivity index (χ4n) is 2.87. The second kappa shape index (κ2) is 8.14. The number of amides is 1. The number of rotatable bonds is 5. The summed E-state index contributed by atoms with van der Waals surface area (Å²) >= 11 is 1.44. The fourth-order valence-corrected chi connectivity index (χ4v) is 3.68. The van der Waals surface area contributed by atoms with E-state index in [4.69, 9.17) is 0 Å². The Hall–Kier alpha value is -2.67. The van der Waals surface area contributed by atoms with Crippen molar-refractivity contribution in [2.45, 2.75) is 26.1 Å². The van der Waals surface area contributed by atoms with E-state index in [1.807, 2.05) is 36.6 Å². The number of alkyl halides is 3. The van der Waals surface area contributed by atoms with Crippen LogP contribution >= 0.6 is 11.3 Å². The van der Waals surface area contributed by atoms with Crippen LogP contribution in [0, 0.1) is 6.92 Å². The van der Waals surface area contributed by atoms with Crippen LogP contribution in [0.3, 0.4) is 0 Å². The van der Waals surface area contributed by atoms with E-state index in [0.29, 0.717) is 5.69 Å². The van der Waals surface area contributed by atoms with Gasteiger partial charge in [-0.2, -0.15) is 13.2 Å². The first-order valence-corrected chi connectivity index (χ1v) is 9.52. The van der Waals surface area contributed by atoms with Crippen molar-refractivity contribution < 1.29 is 18.0 Å². The number of halogens is 3. The zero-order valence-electron chi connectivity index (χ0n) is 15.5. The Bertz CT molecular complexity index is 982. The van der Waals surface area contributed by atoms with Crippen LogP contribution < -0.4 is 0 Å². The van der Waals surface area contributed by atoms with E-state index in [1.165, 1.54) is 41.5 Å². The first kappa shape index (κ1) is 20.1. The molecule has 0 spiro atoms. The number of hydrogen-bond donors (Lipinski definition) is 0. The second-order valence-electron chi connectivity index (χ2n) is 6.59. The Morgan fingerprint density at radius 1 is 1.14 bits per heavy atom. The van der Waals surface area contributed by atoms with Crippen molar-refractivity contribution in [2.75, 3.05) is 7.05 Å². The smallest absolute Gasteiger partial charge is 0.341 e. The highest BCUT2D eigenvalue weighted by Crippen LogP contribution is 2.32. The van der Waals surface area contributed by atoms with E-state index in [9.17, 15) is 18.0 Å². The Labute approximate surface area is 165 Å². The van der Waals surface area contributed by atoms with Gasteiger partial charge in [0.05, 0.1) is 17.7 Å². The van der Waals surface area contributed by atoms with Crippen LogP contribution in [-0.2, 0) is 23.9 Å². The largest absolute Gasteiger partial charge is 0.416 e. The molecule has 0 aliphatic carbocycles. The zero-order valence-corrected chi connectivity index (χ0v) is 16.3. The predicted molar refractivity (Wildman–Crippen MR) is 104 cm³/mol. The molecule has 3 aromatic rings. The Morgan fingerprint density at radius 3 is 2.61 bits per heavy atom. The standard InChI is InChI=1S/C21H19F3N2OS/c1-14-6-5-8-15(10-14)20-25-17(13-28-20)11-19(27)26(2)12-16-7-3-4-9-18(16)21(22,23)24/h3-10,13H,11-12H2,1-2H3. The molecule has 0 fully saturated rings. The van der Waals surface area contributed by atoms with Crippen LogP contribution in [-0.4, -0.2) is 22.8 Å². The van der Waals surface area contributed by atoms with Crippen LogP contribution in [0.2, 0.25) is 0 Å². The van der Waals surface area contributed by atoms with Crippen LogP contribution in [0.5, 0.6) is 0 Å². The number of hydrogen-bond acceptors (Lipinski definition) is 3. The fraction of sp³-hybridized carbons (Fsp3) is 0.238. The molecular weight excluding hydrogens is 385 g/mol. The summed E-state index contributed by atoms with van der Waals surface area (Å²) in [5, 5.41) is 2.63. The van der Waals surface area contributed by atoms with Gasteiger partial charge in [-0.25, -0.2) is 4.98 Å². The van der Waals surface area contributed by atoms with Gasteiger partial charge in [0.25, 0.3) is 0 Å². The van der Waals surface area contributed by atoms with Gasteiger partial charge in [0, 0.05) is 24.5 Å². The number of aromatic nitrogens is 1. The van der Waals surface area contributed by atoms with Gasteiger partial charge < -0.3 is 4.90 Å². The van der Waals surface area contributed by atoms with E-state index in [2.05, 4.69) is 4.98 Å². The zero-order chi connectivity index (χ0) is 20.3. The predicted octanol–water partition coefficient (Wildman–Crippen LogP) is 5.34. The average Bonchev–Trinajstić information content (AvgIpc) is 3.10. The molecule has 3 nitrogen and oxygen atoms in total. The van der Waals surface area contributed by atoms with Crippen molar-refractivity contribution in [3.8, 4) is 10.6 Å². The monoisotopic (exact) mass is 404 g/mol. The molecule has 1 heterocycles. The first-order chi connectivity index (χ1) is 13.2. The molecule has 0 bridgehead atoms. The normalized spacial score (nSPS) is 11.5. The Morgan fingerprint density at radius 2 is 1.89 bits per heavy atom. The molecule has 0 N–H and O–H groups in total. The van der Waals surface area contributed by atoms with Crippen molar-refractivity contribution in [3.05, 3.63) is 76.3 Å². The van der Waals surface area contributed by atoms with E-state index in [1.54, 1.807) is 0 Å². The van der Waals surface area contributed by atoms with E-state index in [0.717, 1.165) is 22.2 Å². The van der Waals surface area contributed by atoms with Gasteiger partial charge in [-0.1, -0.05) is 42.0 Å². The molecule has 7 heteroatoms. The molecule has 0 saturated carbocycles. The summed E-state index contributed by atoms with van der Waals surface area (Å²) in [6.07, 6.45) is -4.40. The van der Waals surface area contributed by atoms with E-state index in [-0.39, 0.29) is 24.4 Å². The molecule has 0 aliphatic heterocycles. The van der Waals surface area contributed by atoms with Gasteiger partial charge in [0.2, 0.25) is 5.91 Å². The molecule has 0 saturated heterocycles. The highest BCUT2D eigenvalue weighted by molar-refractivity contribution is 7.13. The van der Waals surface area contributed by atoms with E-state index >= 15 is 0 Å². The third-order valence-electron chi connectivity index (χ3n) is 4.31.